The number of carbonyl (C=O) groups excluding carboxylic acids is 3. The van der Waals surface area contributed by atoms with Gasteiger partial charge in [0.05, 0.1) is 5.56 Å². The molecule has 2 bridgehead atoms. The van der Waals surface area contributed by atoms with Gasteiger partial charge in [0.1, 0.15) is 5.00 Å². The van der Waals surface area contributed by atoms with E-state index in [1.165, 1.54) is 11.3 Å². The Morgan fingerprint density at radius 1 is 1.19 bits per heavy atom. The Kier molecular flexibility index (Phi) is 4.74. The third kappa shape index (κ3) is 3.06. The van der Waals surface area contributed by atoms with Crippen molar-refractivity contribution in [1.82, 2.24) is 0 Å². The maximum absolute atomic E-state index is 13.0. The number of thiophene rings is 1. The van der Waals surface area contributed by atoms with Gasteiger partial charge >= 0.3 is 0 Å². The molecule has 5 atom stereocenters. The molecule has 0 radical (unpaired) electrons. The molecule has 0 unspecified atom stereocenters. The number of anilines is 1. The van der Waals surface area contributed by atoms with Crippen molar-refractivity contribution in [3.8, 4) is 0 Å². The molecule has 3 aliphatic carbocycles. The predicted molar refractivity (Wildman–Crippen MR) is 100 cm³/mol. The molecule has 0 saturated heterocycles. The van der Waals surface area contributed by atoms with Crippen molar-refractivity contribution in [2.45, 2.75) is 51.9 Å². The van der Waals surface area contributed by atoms with Gasteiger partial charge in [-0.3, -0.25) is 9.59 Å². The summed E-state index contributed by atoms with van der Waals surface area (Å²) in [7, 11) is 0. The summed E-state index contributed by atoms with van der Waals surface area (Å²) >= 11 is 1.43. The summed E-state index contributed by atoms with van der Waals surface area (Å²) in [5, 5.41) is 15.0. The quantitative estimate of drug-likeness (QED) is 0.798. The molecule has 2 fully saturated rings. The Balaban J connectivity index is 1.61. The van der Waals surface area contributed by atoms with Gasteiger partial charge in [-0.2, -0.15) is 0 Å². The summed E-state index contributed by atoms with van der Waals surface area (Å²) in [6.07, 6.45) is 6.32. The largest absolute Gasteiger partial charge is 0.550 e. The predicted octanol–water partition coefficient (Wildman–Crippen LogP) is 1.71. The van der Waals surface area contributed by atoms with Gasteiger partial charge in [-0.1, -0.05) is 13.3 Å². The Bertz CT molecular complexity index is 802. The molecular weight excluding hydrogens is 364 g/mol. The van der Waals surface area contributed by atoms with E-state index in [9.17, 15) is 19.5 Å². The van der Waals surface area contributed by atoms with E-state index in [2.05, 4.69) is 12.2 Å². The molecule has 1 aromatic heterocycles. The molecule has 0 aromatic carbocycles. The molecular formula is C20H25N2O4S-. The van der Waals surface area contributed by atoms with Gasteiger partial charge in [-0.05, 0) is 61.8 Å². The van der Waals surface area contributed by atoms with Crippen molar-refractivity contribution in [1.29, 1.82) is 0 Å². The standard InChI is InChI=1S/C20H26N2O4S/c1-2-9-3-6-12-13(7-9)27-19(16(12)17(21)23)22-18(24)14-10-4-5-11(8-10)15(14)20(25)26/h9-11,14-15H,2-8H2,1H3,(H2,21,23)(H,22,24)(H,25,26)/p-1/t9-,10+,11+,14+,15-/m0/s1. The van der Waals surface area contributed by atoms with Crippen LogP contribution < -0.4 is 16.2 Å². The Hall–Kier alpha value is -1.89. The molecule has 2 saturated carbocycles. The topological polar surface area (TPSA) is 112 Å². The lowest BCUT2D eigenvalue weighted by Crippen LogP contribution is -2.44. The highest BCUT2D eigenvalue weighted by molar-refractivity contribution is 7.17. The minimum atomic E-state index is -1.13. The summed E-state index contributed by atoms with van der Waals surface area (Å²) < 4.78 is 0. The van der Waals surface area contributed by atoms with Crippen molar-refractivity contribution in [2.75, 3.05) is 5.32 Å². The van der Waals surface area contributed by atoms with E-state index < -0.39 is 23.7 Å². The number of nitrogens with one attached hydrogen (secondary N) is 1. The van der Waals surface area contributed by atoms with E-state index >= 15 is 0 Å². The number of primary amides is 1. The van der Waals surface area contributed by atoms with Crippen LogP contribution in [0.4, 0.5) is 5.00 Å². The molecule has 2 amide bonds. The average Bonchev–Trinajstić information content (AvgIpc) is 3.32. The van der Waals surface area contributed by atoms with Crippen molar-refractivity contribution in [3.05, 3.63) is 16.0 Å². The summed E-state index contributed by atoms with van der Waals surface area (Å²) in [6.45, 7) is 2.16. The van der Waals surface area contributed by atoms with E-state index in [1.54, 1.807) is 0 Å². The fraction of sp³-hybridized carbons (Fsp3) is 0.650. The van der Waals surface area contributed by atoms with Gasteiger partial charge in [-0.15, -0.1) is 11.3 Å². The molecule has 3 aliphatic rings. The smallest absolute Gasteiger partial charge is 0.251 e. The van der Waals surface area contributed by atoms with Crippen LogP contribution in [0.5, 0.6) is 0 Å². The zero-order valence-corrected chi connectivity index (χ0v) is 16.3. The summed E-state index contributed by atoms with van der Waals surface area (Å²) in [6, 6.07) is 0. The second-order valence-electron chi connectivity index (χ2n) is 8.28. The number of amides is 2. The number of nitrogens with two attached hydrogens (primary N) is 1. The molecule has 0 aliphatic heterocycles. The molecule has 4 rings (SSSR count). The number of carboxylic acids is 1. The number of fused-ring (bicyclic) bond motifs is 3. The number of hydrogen-bond donors (Lipinski definition) is 2. The number of rotatable bonds is 5. The van der Waals surface area contributed by atoms with Gasteiger partial charge in [0.25, 0.3) is 5.91 Å². The molecule has 1 aromatic rings. The van der Waals surface area contributed by atoms with E-state index in [4.69, 9.17) is 5.73 Å². The van der Waals surface area contributed by atoms with Gasteiger partial charge in [0.15, 0.2) is 0 Å². The average molecular weight is 389 g/mol. The lowest BCUT2D eigenvalue weighted by atomic mass is 9.78. The van der Waals surface area contributed by atoms with Gasteiger partial charge in [-0.25, -0.2) is 0 Å². The number of hydrogen-bond acceptors (Lipinski definition) is 5. The highest BCUT2D eigenvalue weighted by Gasteiger charge is 2.51. The number of aliphatic carboxylic acids is 1. The van der Waals surface area contributed by atoms with E-state index in [0.29, 0.717) is 16.5 Å². The second-order valence-corrected chi connectivity index (χ2v) is 9.39. The SMILES string of the molecule is CC[C@H]1CCc2c(sc(NC(=O)[C@@H]3[C@@H]4CC[C@H](C4)[C@@H]3C(=O)[O-])c2C(N)=O)C1. The van der Waals surface area contributed by atoms with Crippen LogP contribution in [0.3, 0.4) is 0 Å². The van der Waals surface area contributed by atoms with Crippen molar-refractivity contribution in [3.63, 3.8) is 0 Å². The molecule has 3 N–H and O–H groups in total. The first kappa shape index (κ1) is 18.5. The van der Waals surface area contributed by atoms with Crippen LogP contribution in [0.25, 0.3) is 0 Å². The first-order valence-corrected chi connectivity index (χ1v) is 10.7. The van der Waals surface area contributed by atoms with Crippen LogP contribution in [0.2, 0.25) is 0 Å². The van der Waals surface area contributed by atoms with Crippen LogP contribution in [0.15, 0.2) is 0 Å². The third-order valence-electron chi connectivity index (χ3n) is 6.92. The maximum Gasteiger partial charge on any atom is 0.251 e. The highest BCUT2D eigenvalue weighted by atomic mass is 32.1. The van der Waals surface area contributed by atoms with Crippen LogP contribution in [-0.4, -0.2) is 17.8 Å². The molecule has 0 spiro atoms. The first-order valence-electron chi connectivity index (χ1n) is 9.86. The molecule has 7 heteroatoms. The van der Waals surface area contributed by atoms with Crippen molar-refractivity contribution in [2.24, 2.45) is 35.3 Å². The minimum Gasteiger partial charge on any atom is -0.550 e. The van der Waals surface area contributed by atoms with Crippen LogP contribution in [-0.2, 0) is 22.4 Å². The Labute approximate surface area is 162 Å². The second kappa shape index (κ2) is 6.93. The lowest BCUT2D eigenvalue weighted by Gasteiger charge is -2.30. The summed E-state index contributed by atoms with van der Waals surface area (Å²) in [5.74, 6) is -2.53. The minimum absolute atomic E-state index is 0.0354. The maximum atomic E-state index is 13.0. The monoisotopic (exact) mass is 389 g/mol. The van der Waals surface area contributed by atoms with E-state index in [0.717, 1.165) is 55.4 Å². The number of carboxylic acid groups (broad SMARTS) is 1. The normalized spacial score (nSPS) is 31.5. The van der Waals surface area contributed by atoms with Crippen LogP contribution in [0, 0.1) is 29.6 Å². The number of carbonyl (C=O) groups is 3. The fourth-order valence-corrected chi connectivity index (χ4v) is 6.92. The van der Waals surface area contributed by atoms with E-state index in [-0.39, 0.29) is 17.7 Å². The fourth-order valence-electron chi connectivity index (χ4n) is 5.55. The summed E-state index contributed by atoms with van der Waals surface area (Å²) in [5.41, 5.74) is 7.02. The lowest BCUT2D eigenvalue weighted by molar-refractivity contribution is -0.314. The summed E-state index contributed by atoms with van der Waals surface area (Å²) in [4.78, 5) is 37.8. The molecule has 6 nitrogen and oxygen atoms in total. The van der Waals surface area contributed by atoms with Gasteiger partial charge in [0.2, 0.25) is 5.91 Å². The first-order chi connectivity index (χ1) is 12.9. The van der Waals surface area contributed by atoms with Crippen molar-refractivity contribution >= 4 is 34.1 Å². The zero-order valence-electron chi connectivity index (χ0n) is 15.5. The van der Waals surface area contributed by atoms with Crippen molar-refractivity contribution < 1.29 is 19.5 Å². The Morgan fingerprint density at radius 3 is 2.52 bits per heavy atom. The Morgan fingerprint density at radius 2 is 1.89 bits per heavy atom. The highest BCUT2D eigenvalue weighted by Crippen LogP contribution is 2.52. The van der Waals surface area contributed by atoms with Crippen LogP contribution >= 0.6 is 11.3 Å². The van der Waals surface area contributed by atoms with Crippen LogP contribution in [0.1, 0.15) is 59.8 Å². The molecule has 146 valence electrons. The van der Waals surface area contributed by atoms with E-state index in [1.807, 2.05) is 0 Å². The van der Waals surface area contributed by atoms with Gasteiger partial charge in [0, 0.05) is 22.7 Å². The third-order valence-corrected chi connectivity index (χ3v) is 8.09. The molecule has 27 heavy (non-hydrogen) atoms. The zero-order chi connectivity index (χ0) is 19.3. The molecule has 1 heterocycles. The van der Waals surface area contributed by atoms with Gasteiger partial charge < -0.3 is 21.0 Å².